The second-order valence-electron chi connectivity index (χ2n) is 7.33. The molecule has 2 aliphatic rings. The van der Waals surface area contributed by atoms with Crippen LogP contribution in [0.5, 0.6) is 0 Å². The highest BCUT2D eigenvalue weighted by Gasteiger charge is 2.72. The number of fused-ring (bicyclic) bond motifs is 1. The minimum atomic E-state index is -1.23. The van der Waals surface area contributed by atoms with Gasteiger partial charge in [-0.15, -0.1) is 0 Å². The van der Waals surface area contributed by atoms with E-state index in [2.05, 4.69) is 0 Å². The van der Waals surface area contributed by atoms with Gasteiger partial charge in [0.25, 0.3) is 0 Å². The van der Waals surface area contributed by atoms with Crippen LogP contribution < -0.4 is 5.32 Å². The van der Waals surface area contributed by atoms with E-state index in [1.54, 1.807) is 19.1 Å². The number of methoxy groups -OCH3 is 1. The minimum Gasteiger partial charge on any atom is -0.464 e. The van der Waals surface area contributed by atoms with Crippen LogP contribution >= 0.6 is 0 Å². The Balaban J connectivity index is 1.86. The van der Waals surface area contributed by atoms with Crippen molar-refractivity contribution in [2.45, 2.75) is 24.9 Å². The highest BCUT2D eigenvalue weighted by molar-refractivity contribution is 6.08. The summed E-state index contributed by atoms with van der Waals surface area (Å²) in [6, 6.07) is 12.5. The van der Waals surface area contributed by atoms with Gasteiger partial charge in [0.05, 0.1) is 13.4 Å². The van der Waals surface area contributed by atoms with Gasteiger partial charge in [0.1, 0.15) is 11.8 Å². The smallest absolute Gasteiger partial charge is 0.369 e. The Morgan fingerprint density at radius 1 is 1.18 bits per heavy atom. The highest BCUT2D eigenvalue weighted by Crippen LogP contribution is 2.45. The SMILES string of the molecule is CCN1C(=O)[C@H]2[C@@H](C1=O)[C@](Cc1ccccc1)(C(=O)OC)[NH2+][C@H]2c1ccco1. The van der Waals surface area contributed by atoms with Crippen LogP contribution in [0.1, 0.15) is 24.3 Å². The molecular formula is C21H23N2O5+. The number of ether oxygens (including phenoxy) is 1. The molecule has 0 bridgehead atoms. The number of carbonyl (C=O) groups excluding carboxylic acids is 3. The molecule has 3 heterocycles. The number of hydrogen-bond acceptors (Lipinski definition) is 5. The van der Waals surface area contributed by atoms with Crippen LogP contribution in [0.25, 0.3) is 0 Å². The molecular weight excluding hydrogens is 360 g/mol. The third-order valence-corrected chi connectivity index (χ3v) is 5.95. The molecule has 28 heavy (non-hydrogen) atoms. The average molecular weight is 383 g/mol. The van der Waals surface area contributed by atoms with Gasteiger partial charge in [-0.05, 0) is 24.6 Å². The van der Waals surface area contributed by atoms with Gasteiger partial charge in [-0.3, -0.25) is 14.5 Å². The van der Waals surface area contributed by atoms with Crippen molar-refractivity contribution in [3.05, 3.63) is 60.1 Å². The fourth-order valence-electron chi connectivity index (χ4n) is 4.79. The summed E-state index contributed by atoms with van der Waals surface area (Å²) >= 11 is 0. The molecule has 2 fully saturated rings. The summed E-state index contributed by atoms with van der Waals surface area (Å²) in [5.74, 6) is -1.96. The molecule has 0 aliphatic carbocycles. The molecule has 0 unspecified atom stereocenters. The van der Waals surface area contributed by atoms with Crippen LogP contribution in [0, 0.1) is 11.8 Å². The Bertz CT molecular complexity index is 895. The lowest BCUT2D eigenvalue weighted by Crippen LogP contribution is -2.98. The van der Waals surface area contributed by atoms with Gasteiger partial charge in [-0.25, -0.2) is 4.79 Å². The molecule has 2 aromatic rings. The van der Waals surface area contributed by atoms with Crippen molar-refractivity contribution in [3.8, 4) is 0 Å². The van der Waals surface area contributed by atoms with Crippen LogP contribution in [0.4, 0.5) is 0 Å². The Morgan fingerprint density at radius 3 is 2.54 bits per heavy atom. The monoisotopic (exact) mass is 383 g/mol. The van der Waals surface area contributed by atoms with Crippen LogP contribution in [-0.4, -0.2) is 41.9 Å². The average Bonchev–Trinajstić information content (AvgIpc) is 3.40. The maximum Gasteiger partial charge on any atom is 0.369 e. The summed E-state index contributed by atoms with van der Waals surface area (Å²) in [4.78, 5) is 40.6. The third-order valence-electron chi connectivity index (χ3n) is 5.95. The number of carbonyl (C=O) groups is 3. The quantitative estimate of drug-likeness (QED) is 0.605. The lowest BCUT2D eigenvalue weighted by molar-refractivity contribution is -0.735. The lowest BCUT2D eigenvalue weighted by atomic mass is 9.76. The summed E-state index contributed by atoms with van der Waals surface area (Å²) in [6.07, 6.45) is 1.82. The van der Waals surface area contributed by atoms with Gasteiger partial charge in [-0.2, -0.15) is 0 Å². The minimum absolute atomic E-state index is 0.256. The molecule has 1 aromatic carbocycles. The highest BCUT2D eigenvalue weighted by atomic mass is 16.5. The van der Waals surface area contributed by atoms with Gasteiger partial charge < -0.3 is 14.5 Å². The van der Waals surface area contributed by atoms with E-state index in [0.717, 1.165) is 5.56 Å². The molecule has 0 saturated carbocycles. The second-order valence-corrected chi connectivity index (χ2v) is 7.33. The number of nitrogens with zero attached hydrogens (tertiary/aromatic N) is 1. The van der Waals surface area contributed by atoms with E-state index in [-0.39, 0.29) is 24.8 Å². The molecule has 7 heteroatoms. The predicted molar refractivity (Wildman–Crippen MR) is 97.6 cm³/mol. The first-order valence-corrected chi connectivity index (χ1v) is 9.40. The van der Waals surface area contributed by atoms with Crippen LogP contribution in [-0.2, 0) is 25.5 Å². The van der Waals surface area contributed by atoms with Crippen molar-refractivity contribution in [3.63, 3.8) is 0 Å². The van der Waals surface area contributed by atoms with E-state index in [1.165, 1.54) is 18.3 Å². The number of rotatable bonds is 5. The Hall–Kier alpha value is -2.93. The van der Waals surface area contributed by atoms with Crippen LogP contribution in [0.3, 0.4) is 0 Å². The molecule has 7 nitrogen and oxygen atoms in total. The van der Waals surface area contributed by atoms with Crippen molar-refractivity contribution in [1.82, 2.24) is 4.90 Å². The van der Waals surface area contributed by atoms with E-state index < -0.39 is 29.4 Å². The first kappa shape index (κ1) is 18.4. The van der Waals surface area contributed by atoms with Crippen LogP contribution in [0.2, 0.25) is 0 Å². The molecule has 2 amide bonds. The molecule has 2 N–H and O–H groups in total. The molecule has 2 aliphatic heterocycles. The molecule has 4 rings (SSSR count). The fraction of sp³-hybridized carbons (Fsp3) is 0.381. The zero-order valence-corrected chi connectivity index (χ0v) is 15.8. The molecule has 2 saturated heterocycles. The number of nitrogens with two attached hydrogens (primary N) is 1. The summed E-state index contributed by atoms with van der Waals surface area (Å²) in [6.45, 7) is 2.04. The van der Waals surface area contributed by atoms with E-state index in [9.17, 15) is 14.4 Å². The normalized spacial score (nSPS) is 29.2. The molecule has 0 radical (unpaired) electrons. The summed E-state index contributed by atoms with van der Waals surface area (Å²) in [5, 5.41) is 1.81. The van der Waals surface area contributed by atoms with Crippen molar-refractivity contribution < 1.29 is 28.9 Å². The van der Waals surface area contributed by atoms with Gasteiger partial charge >= 0.3 is 5.97 Å². The number of furan rings is 1. The predicted octanol–water partition coefficient (Wildman–Crippen LogP) is 0.673. The molecule has 4 atom stereocenters. The largest absolute Gasteiger partial charge is 0.464 e. The zero-order valence-electron chi connectivity index (χ0n) is 15.8. The number of hydrogen-bond donors (Lipinski definition) is 1. The molecule has 0 spiro atoms. The first-order valence-electron chi connectivity index (χ1n) is 9.40. The fourth-order valence-corrected chi connectivity index (χ4v) is 4.79. The van der Waals surface area contributed by atoms with E-state index in [4.69, 9.17) is 9.15 Å². The summed E-state index contributed by atoms with van der Waals surface area (Å²) in [5.41, 5.74) is -0.326. The van der Waals surface area contributed by atoms with E-state index >= 15 is 0 Å². The van der Waals surface area contributed by atoms with E-state index in [0.29, 0.717) is 5.76 Å². The van der Waals surface area contributed by atoms with E-state index in [1.807, 2.05) is 35.6 Å². The van der Waals surface area contributed by atoms with Crippen molar-refractivity contribution in [2.75, 3.05) is 13.7 Å². The number of amides is 2. The molecule has 1 aromatic heterocycles. The van der Waals surface area contributed by atoms with Gasteiger partial charge in [0.15, 0.2) is 11.8 Å². The van der Waals surface area contributed by atoms with Crippen LogP contribution in [0.15, 0.2) is 53.1 Å². The molecule has 146 valence electrons. The third kappa shape index (κ3) is 2.57. The number of esters is 1. The number of quaternary nitrogens is 1. The van der Waals surface area contributed by atoms with Gasteiger partial charge in [0, 0.05) is 13.0 Å². The first-order chi connectivity index (χ1) is 13.5. The van der Waals surface area contributed by atoms with Crippen molar-refractivity contribution in [1.29, 1.82) is 0 Å². The Kier molecular flexibility index (Phi) is 4.55. The maximum atomic E-state index is 13.2. The summed E-state index contributed by atoms with van der Waals surface area (Å²) in [7, 11) is 1.32. The van der Waals surface area contributed by atoms with Crippen molar-refractivity contribution >= 4 is 17.8 Å². The standard InChI is InChI=1S/C21H22N2O5/c1-3-23-18(24)15-16(19(23)25)21(20(26)27-2,12-13-8-5-4-6-9-13)22-17(15)14-10-7-11-28-14/h4-11,15-17,22H,3,12H2,1-2H3/p+1/t15-,16-,17-,21+/m0/s1. The van der Waals surface area contributed by atoms with Gasteiger partial charge in [0.2, 0.25) is 17.4 Å². The maximum absolute atomic E-state index is 13.2. The number of likely N-dealkylation sites (tertiary alicyclic amines) is 1. The lowest BCUT2D eigenvalue weighted by Gasteiger charge is -2.29. The topological polar surface area (TPSA) is 93.4 Å². The zero-order chi connectivity index (χ0) is 19.9. The summed E-state index contributed by atoms with van der Waals surface area (Å²) < 4.78 is 10.7. The number of benzene rings is 1. The Morgan fingerprint density at radius 2 is 1.93 bits per heavy atom. The number of imide groups is 1. The van der Waals surface area contributed by atoms with Crippen molar-refractivity contribution in [2.24, 2.45) is 11.8 Å². The second kappa shape index (κ2) is 6.91. The van der Waals surface area contributed by atoms with Gasteiger partial charge in [-0.1, -0.05) is 30.3 Å². The Labute approximate surface area is 162 Å².